The summed E-state index contributed by atoms with van der Waals surface area (Å²) in [6, 6.07) is 5.88. The Morgan fingerprint density at radius 3 is 2.79 bits per heavy atom. The molecule has 3 heteroatoms. The fraction of sp³-hybridized carbons (Fsp3) is 0.364. The predicted molar refractivity (Wildman–Crippen MR) is 56.1 cm³/mol. The summed E-state index contributed by atoms with van der Waals surface area (Å²) >= 11 is 0. The zero-order valence-corrected chi connectivity index (χ0v) is 8.21. The molecule has 1 saturated carbocycles. The van der Waals surface area contributed by atoms with Gasteiger partial charge in [-0.3, -0.25) is 4.79 Å². The summed E-state index contributed by atoms with van der Waals surface area (Å²) in [6.45, 7) is 1.96. The van der Waals surface area contributed by atoms with Crippen LogP contribution in [0.1, 0.15) is 28.8 Å². The molecule has 0 saturated heterocycles. The number of nitrogen functional groups attached to an aromatic ring is 1. The third-order valence-corrected chi connectivity index (χ3v) is 2.36. The van der Waals surface area contributed by atoms with Gasteiger partial charge in [0.1, 0.15) is 0 Å². The van der Waals surface area contributed by atoms with Gasteiger partial charge in [0.25, 0.3) is 5.91 Å². The number of anilines is 1. The Morgan fingerprint density at radius 2 is 2.21 bits per heavy atom. The van der Waals surface area contributed by atoms with Crippen molar-refractivity contribution in [3.8, 4) is 0 Å². The summed E-state index contributed by atoms with van der Waals surface area (Å²) in [5.41, 5.74) is 7.98. The normalized spacial score (nSPS) is 15.2. The molecule has 0 aliphatic heterocycles. The first-order valence-electron chi connectivity index (χ1n) is 4.84. The van der Waals surface area contributed by atoms with Crippen molar-refractivity contribution in [1.29, 1.82) is 0 Å². The Hall–Kier alpha value is -1.51. The van der Waals surface area contributed by atoms with E-state index in [9.17, 15) is 4.79 Å². The molecule has 74 valence electrons. The smallest absolute Gasteiger partial charge is 0.253 e. The van der Waals surface area contributed by atoms with Gasteiger partial charge < -0.3 is 11.1 Å². The lowest BCUT2D eigenvalue weighted by Gasteiger charge is -2.06. The van der Waals surface area contributed by atoms with Gasteiger partial charge in [-0.1, -0.05) is 6.07 Å². The Bertz CT molecular complexity index is 370. The molecule has 0 heterocycles. The number of carbonyl (C=O) groups excluding carboxylic acids is 1. The van der Waals surface area contributed by atoms with Crippen LogP contribution in [-0.2, 0) is 0 Å². The molecule has 1 aromatic rings. The molecule has 0 bridgehead atoms. The van der Waals surface area contributed by atoms with Crippen LogP contribution in [0.5, 0.6) is 0 Å². The van der Waals surface area contributed by atoms with Gasteiger partial charge in [0.15, 0.2) is 0 Å². The molecule has 3 N–H and O–H groups in total. The number of hydrogen-bond acceptors (Lipinski definition) is 2. The van der Waals surface area contributed by atoms with Gasteiger partial charge in [0, 0.05) is 11.7 Å². The Morgan fingerprint density at radius 1 is 1.50 bits per heavy atom. The van der Waals surface area contributed by atoms with E-state index < -0.39 is 0 Å². The van der Waals surface area contributed by atoms with Gasteiger partial charge in [-0.2, -0.15) is 0 Å². The van der Waals surface area contributed by atoms with Crippen molar-refractivity contribution in [3.63, 3.8) is 0 Å². The van der Waals surface area contributed by atoms with Crippen molar-refractivity contribution in [2.75, 3.05) is 5.73 Å². The quantitative estimate of drug-likeness (QED) is 0.694. The molecule has 0 aromatic heterocycles. The van der Waals surface area contributed by atoms with E-state index in [1.807, 2.05) is 19.1 Å². The van der Waals surface area contributed by atoms with Gasteiger partial charge in [-0.05, 0) is 37.5 Å². The van der Waals surface area contributed by atoms with Gasteiger partial charge >= 0.3 is 0 Å². The average molecular weight is 190 g/mol. The second-order valence-corrected chi connectivity index (χ2v) is 3.84. The molecule has 1 aliphatic carbocycles. The van der Waals surface area contributed by atoms with Crippen LogP contribution >= 0.6 is 0 Å². The van der Waals surface area contributed by atoms with Crippen LogP contribution in [0, 0.1) is 6.92 Å². The zero-order valence-electron chi connectivity index (χ0n) is 8.21. The molecular formula is C11H14N2O. The standard InChI is InChI=1S/C11H14N2O/c1-7-2-5-9(10(12)6-7)11(14)13-8-3-4-8/h2,5-6,8H,3-4,12H2,1H3,(H,13,14). The monoisotopic (exact) mass is 190 g/mol. The lowest BCUT2D eigenvalue weighted by Crippen LogP contribution is -2.26. The van der Waals surface area contributed by atoms with E-state index in [-0.39, 0.29) is 5.91 Å². The first kappa shape index (κ1) is 9.06. The van der Waals surface area contributed by atoms with E-state index in [1.165, 1.54) is 0 Å². The Kier molecular flexibility index (Phi) is 2.15. The molecule has 1 fully saturated rings. The summed E-state index contributed by atoms with van der Waals surface area (Å²) in [6.07, 6.45) is 2.19. The third-order valence-electron chi connectivity index (χ3n) is 2.36. The lowest BCUT2D eigenvalue weighted by atomic mass is 10.1. The van der Waals surface area contributed by atoms with Crippen molar-refractivity contribution in [1.82, 2.24) is 5.32 Å². The van der Waals surface area contributed by atoms with E-state index in [2.05, 4.69) is 5.32 Å². The van der Waals surface area contributed by atoms with E-state index in [0.717, 1.165) is 18.4 Å². The number of amides is 1. The van der Waals surface area contributed by atoms with Gasteiger partial charge in [-0.25, -0.2) is 0 Å². The zero-order chi connectivity index (χ0) is 10.1. The van der Waals surface area contributed by atoms with Crippen molar-refractivity contribution >= 4 is 11.6 Å². The third kappa shape index (κ3) is 1.87. The molecule has 2 rings (SSSR count). The largest absolute Gasteiger partial charge is 0.398 e. The molecule has 0 radical (unpaired) electrons. The molecule has 1 amide bonds. The minimum atomic E-state index is -0.0509. The van der Waals surface area contributed by atoms with Crippen molar-refractivity contribution in [3.05, 3.63) is 29.3 Å². The summed E-state index contributed by atoms with van der Waals surface area (Å²) in [5.74, 6) is -0.0509. The van der Waals surface area contributed by atoms with Gasteiger partial charge in [-0.15, -0.1) is 0 Å². The van der Waals surface area contributed by atoms with E-state index >= 15 is 0 Å². The number of carbonyl (C=O) groups is 1. The highest BCUT2D eigenvalue weighted by Gasteiger charge is 2.24. The minimum Gasteiger partial charge on any atom is -0.398 e. The summed E-state index contributed by atoms with van der Waals surface area (Å²) < 4.78 is 0. The number of nitrogens with one attached hydrogen (secondary N) is 1. The Labute approximate surface area is 83.3 Å². The molecule has 3 nitrogen and oxygen atoms in total. The number of nitrogens with two attached hydrogens (primary N) is 1. The van der Waals surface area contributed by atoms with Crippen LogP contribution in [0.3, 0.4) is 0 Å². The van der Waals surface area contributed by atoms with Crippen molar-refractivity contribution < 1.29 is 4.79 Å². The van der Waals surface area contributed by atoms with E-state index in [1.54, 1.807) is 6.07 Å². The van der Waals surface area contributed by atoms with E-state index in [0.29, 0.717) is 17.3 Å². The van der Waals surface area contributed by atoms with Crippen LogP contribution in [0.25, 0.3) is 0 Å². The second kappa shape index (κ2) is 3.33. The summed E-state index contributed by atoms with van der Waals surface area (Å²) in [5, 5.41) is 2.91. The topological polar surface area (TPSA) is 55.1 Å². The SMILES string of the molecule is Cc1ccc(C(=O)NC2CC2)c(N)c1. The molecular weight excluding hydrogens is 176 g/mol. The van der Waals surface area contributed by atoms with Crippen LogP contribution in [0.4, 0.5) is 5.69 Å². The maximum Gasteiger partial charge on any atom is 0.253 e. The number of hydrogen-bond donors (Lipinski definition) is 2. The Balaban J connectivity index is 2.17. The number of aryl methyl sites for hydroxylation is 1. The van der Waals surface area contributed by atoms with Gasteiger partial charge in [0.2, 0.25) is 0 Å². The highest BCUT2D eigenvalue weighted by atomic mass is 16.1. The van der Waals surface area contributed by atoms with Crippen LogP contribution < -0.4 is 11.1 Å². The minimum absolute atomic E-state index is 0.0509. The maximum atomic E-state index is 11.6. The average Bonchev–Trinajstić information content (AvgIpc) is 2.87. The number of benzene rings is 1. The van der Waals surface area contributed by atoms with Gasteiger partial charge in [0.05, 0.1) is 5.56 Å². The fourth-order valence-corrected chi connectivity index (χ4v) is 1.38. The molecule has 1 aromatic carbocycles. The molecule has 1 aliphatic rings. The maximum absolute atomic E-state index is 11.6. The van der Waals surface area contributed by atoms with Crippen molar-refractivity contribution in [2.45, 2.75) is 25.8 Å². The molecule has 14 heavy (non-hydrogen) atoms. The van der Waals surface area contributed by atoms with E-state index in [4.69, 9.17) is 5.73 Å². The van der Waals surface area contributed by atoms with Crippen LogP contribution in [0.2, 0.25) is 0 Å². The summed E-state index contributed by atoms with van der Waals surface area (Å²) in [4.78, 5) is 11.6. The second-order valence-electron chi connectivity index (χ2n) is 3.84. The van der Waals surface area contributed by atoms with Crippen molar-refractivity contribution in [2.24, 2.45) is 0 Å². The number of rotatable bonds is 2. The molecule has 0 unspecified atom stereocenters. The van der Waals surface area contributed by atoms with Crippen LogP contribution in [0.15, 0.2) is 18.2 Å². The summed E-state index contributed by atoms with van der Waals surface area (Å²) in [7, 11) is 0. The van der Waals surface area contributed by atoms with Crippen LogP contribution in [-0.4, -0.2) is 11.9 Å². The molecule has 0 spiro atoms. The fourth-order valence-electron chi connectivity index (χ4n) is 1.38. The highest BCUT2D eigenvalue weighted by Crippen LogP contribution is 2.20. The first-order valence-corrected chi connectivity index (χ1v) is 4.84. The lowest BCUT2D eigenvalue weighted by molar-refractivity contribution is 0.0952. The first-order chi connectivity index (χ1) is 6.66. The predicted octanol–water partition coefficient (Wildman–Crippen LogP) is 1.47. The molecule has 0 atom stereocenters. The highest BCUT2D eigenvalue weighted by molar-refractivity contribution is 5.99.